The number of phosphoric ester groups is 1. The van der Waals surface area contributed by atoms with Crippen LogP contribution < -0.4 is 5.73 Å². The molecular weight excluding hydrogens is 797 g/mol. The van der Waals surface area contributed by atoms with Gasteiger partial charge in [-0.3, -0.25) is 23.4 Å². The number of nitrogens with two attached hydrogens (primary N) is 1. The minimum absolute atomic E-state index is 0.0658. The van der Waals surface area contributed by atoms with Crippen LogP contribution in [-0.2, 0) is 42.2 Å². The van der Waals surface area contributed by atoms with E-state index in [1.165, 1.54) is 38.5 Å². The Balaban J connectivity index is 2.36. The number of allylic oxidation sites excluding steroid dienone is 14. The number of esters is 2. The Labute approximate surface area is 366 Å². The summed E-state index contributed by atoms with van der Waals surface area (Å²) in [6.07, 6.45) is 51.1. The number of epoxide rings is 1. The molecule has 4 N–H and O–H groups in total. The number of carbonyl (C=O) groups excluding carboxylic acids is 2. The van der Waals surface area contributed by atoms with Gasteiger partial charge in [0, 0.05) is 12.8 Å². The van der Waals surface area contributed by atoms with Gasteiger partial charge in [0.2, 0.25) is 0 Å². The number of ether oxygens (including phenoxy) is 3. The SMILES string of the molecule is CC/C=C\CC1OC1C/C=C\C/C=C\C/C=C\C/C=C\CCC(=O)OC[C@H](COP(=O)(O)OC[C@H](N)C(=O)O)OC(=O)CCC/C=C\C/C=C\C/C=C\CCCCCCCC. The molecule has 1 aliphatic heterocycles. The lowest BCUT2D eigenvalue weighted by Crippen LogP contribution is -2.34. The van der Waals surface area contributed by atoms with E-state index in [1.54, 1.807) is 0 Å². The molecule has 0 aliphatic carbocycles. The molecule has 13 heteroatoms. The van der Waals surface area contributed by atoms with Crippen LogP contribution in [0.5, 0.6) is 0 Å². The molecule has 0 radical (unpaired) electrons. The summed E-state index contributed by atoms with van der Waals surface area (Å²) in [5.74, 6) is -2.57. The van der Waals surface area contributed by atoms with E-state index in [1.807, 2.05) is 24.3 Å². The Kier molecular flexibility index (Phi) is 34.6. The van der Waals surface area contributed by atoms with Crippen molar-refractivity contribution in [2.45, 2.75) is 167 Å². The molecule has 1 rings (SSSR count). The molecule has 12 nitrogen and oxygen atoms in total. The number of carboxylic acids is 1. The maximum atomic E-state index is 12.6. The number of unbranched alkanes of at least 4 members (excludes halogenated alkanes) is 7. The normalized spacial score (nSPS) is 17.9. The van der Waals surface area contributed by atoms with Crippen LogP contribution in [0.3, 0.4) is 0 Å². The Morgan fingerprint density at radius 1 is 0.607 bits per heavy atom. The van der Waals surface area contributed by atoms with E-state index in [-0.39, 0.29) is 12.8 Å². The van der Waals surface area contributed by atoms with Gasteiger partial charge in [0.25, 0.3) is 0 Å². The molecule has 0 saturated carbocycles. The van der Waals surface area contributed by atoms with Gasteiger partial charge in [0.05, 0.1) is 25.4 Å². The smallest absolute Gasteiger partial charge is 0.472 e. The van der Waals surface area contributed by atoms with Gasteiger partial charge in [-0.15, -0.1) is 0 Å². The van der Waals surface area contributed by atoms with E-state index < -0.39 is 57.7 Å². The molecular formula is C48H76NO11P. The van der Waals surface area contributed by atoms with Crippen LogP contribution in [-0.4, -0.2) is 72.1 Å². The molecule has 1 aliphatic rings. The summed E-state index contributed by atoms with van der Waals surface area (Å²) < 4.78 is 38.2. The second-order valence-corrected chi connectivity index (χ2v) is 16.3. The number of carboxylic acid groups (broad SMARTS) is 1. The van der Waals surface area contributed by atoms with Crippen molar-refractivity contribution in [2.75, 3.05) is 19.8 Å². The van der Waals surface area contributed by atoms with E-state index in [2.05, 4.69) is 91.3 Å². The first-order valence-corrected chi connectivity index (χ1v) is 23.9. The van der Waals surface area contributed by atoms with Crippen LogP contribution in [0, 0.1) is 0 Å². The Bertz CT molecular complexity index is 1460. The fraction of sp³-hybridized carbons (Fsp3) is 0.604. The average Bonchev–Trinajstić information content (AvgIpc) is 3.99. The number of carbonyl (C=O) groups is 3. The molecule has 0 bridgehead atoms. The van der Waals surface area contributed by atoms with Crippen LogP contribution in [0.1, 0.15) is 142 Å². The topological polar surface area (TPSA) is 184 Å². The monoisotopic (exact) mass is 874 g/mol. The lowest BCUT2D eigenvalue weighted by molar-refractivity contribution is -0.161. The van der Waals surface area contributed by atoms with E-state index in [0.29, 0.717) is 31.5 Å². The summed E-state index contributed by atoms with van der Waals surface area (Å²) in [7, 11) is -4.76. The van der Waals surface area contributed by atoms with E-state index in [9.17, 15) is 23.8 Å². The fourth-order valence-electron chi connectivity index (χ4n) is 5.62. The van der Waals surface area contributed by atoms with Crippen LogP contribution in [0.2, 0.25) is 0 Å². The summed E-state index contributed by atoms with van der Waals surface area (Å²) in [4.78, 5) is 46.0. The zero-order chi connectivity index (χ0) is 44.7. The highest BCUT2D eigenvalue weighted by Gasteiger charge is 2.36. The second-order valence-electron chi connectivity index (χ2n) is 14.8. The second kappa shape index (κ2) is 38.1. The van der Waals surface area contributed by atoms with Gasteiger partial charge >= 0.3 is 25.7 Å². The molecule has 3 unspecified atom stereocenters. The maximum Gasteiger partial charge on any atom is 0.472 e. The van der Waals surface area contributed by atoms with Crippen LogP contribution >= 0.6 is 7.82 Å². The van der Waals surface area contributed by atoms with Crippen molar-refractivity contribution in [3.05, 3.63) is 97.2 Å². The highest BCUT2D eigenvalue weighted by molar-refractivity contribution is 7.47. The highest BCUT2D eigenvalue weighted by Crippen LogP contribution is 2.43. The molecule has 0 aromatic heterocycles. The minimum atomic E-state index is -4.76. The molecule has 5 atom stereocenters. The third kappa shape index (κ3) is 35.6. The molecule has 0 amide bonds. The van der Waals surface area contributed by atoms with Gasteiger partial charge < -0.3 is 29.9 Å². The van der Waals surface area contributed by atoms with Gasteiger partial charge in [-0.25, -0.2) is 4.57 Å². The third-order valence-electron chi connectivity index (χ3n) is 9.23. The number of hydrogen-bond donors (Lipinski definition) is 3. The summed E-state index contributed by atoms with van der Waals surface area (Å²) >= 11 is 0. The van der Waals surface area contributed by atoms with Crippen molar-refractivity contribution in [3.8, 4) is 0 Å². The van der Waals surface area contributed by atoms with Crippen LogP contribution in [0.4, 0.5) is 0 Å². The third-order valence-corrected chi connectivity index (χ3v) is 10.2. The van der Waals surface area contributed by atoms with E-state index in [0.717, 1.165) is 57.8 Å². The number of phosphoric acid groups is 1. The van der Waals surface area contributed by atoms with Crippen molar-refractivity contribution in [1.29, 1.82) is 0 Å². The first-order valence-electron chi connectivity index (χ1n) is 22.4. The summed E-state index contributed by atoms with van der Waals surface area (Å²) in [6, 6.07) is -1.55. The number of rotatable bonds is 39. The van der Waals surface area contributed by atoms with Crippen molar-refractivity contribution in [2.24, 2.45) is 5.73 Å². The van der Waals surface area contributed by atoms with Crippen molar-refractivity contribution >= 4 is 25.7 Å². The van der Waals surface area contributed by atoms with Crippen LogP contribution in [0.25, 0.3) is 0 Å². The van der Waals surface area contributed by atoms with Gasteiger partial charge in [-0.05, 0) is 83.5 Å². The van der Waals surface area contributed by atoms with E-state index >= 15 is 0 Å². The highest BCUT2D eigenvalue weighted by atomic mass is 31.2. The largest absolute Gasteiger partial charge is 0.480 e. The van der Waals surface area contributed by atoms with Gasteiger partial charge in [-0.1, -0.05) is 143 Å². The lowest BCUT2D eigenvalue weighted by Gasteiger charge is -2.20. The first kappa shape index (κ1) is 55.4. The summed E-state index contributed by atoms with van der Waals surface area (Å²) in [5.41, 5.74) is 5.33. The Morgan fingerprint density at radius 2 is 1.10 bits per heavy atom. The van der Waals surface area contributed by atoms with Gasteiger partial charge in [0.1, 0.15) is 12.6 Å². The molecule has 344 valence electrons. The van der Waals surface area contributed by atoms with Crippen molar-refractivity contribution in [3.63, 3.8) is 0 Å². The van der Waals surface area contributed by atoms with Gasteiger partial charge in [0.15, 0.2) is 6.10 Å². The number of hydrogen-bond acceptors (Lipinski definition) is 10. The minimum Gasteiger partial charge on any atom is -0.480 e. The average molecular weight is 874 g/mol. The zero-order valence-corrected chi connectivity index (χ0v) is 37.8. The standard InChI is InChI=1S/C48H76NO11P/c1-3-5-7-8-9-10-11-12-13-14-15-16-21-24-27-30-34-38-47(51)59-42(40-57-61(54,55)58-41-43(49)48(52)53)39-56-46(50)37-33-29-26-23-20-18-17-19-22-25-28-32-36-45-44(60-45)35-31-6-4-2/h6,12-13,15-16,18-20,22,24,26-29,31-32,42-45H,3-5,7-11,14,17,21,23,25,30,33-41,49H2,1-2H3,(H,52,53)(H,54,55)/b13-12-,16-15-,20-18-,22-19-,27-24-,29-26-,31-6-,32-28-/t42-,43+,44?,45?/m1/s1. The molecule has 0 spiro atoms. The maximum absolute atomic E-state index is 12.6. The van der Waals surface area contributed by atoms with Crippen LogP contribution in [0.15, 0.2) is 97.2 Å². The quantitative estimate of drug-likeness (QED) is 0.0175. The van der Waals surface area contributed by atoms with Crippen molar-refractivity contribution < 1.29 is 52.2 Å². The van der Waals surface area contributed by atoms with E-state index in [4.69, 9.17) is 29.6 Å². The number of aliphatic carboxylic acids is 1. The molecule has 1 fully saturated rings. The molecule has 1 saturated heterocycles. The van der Waals surface area contributed by atoms with Crippen molar-refractivity contribution in [1.82, 2.24) is 0 Å². The molecule has 1 heterocycles. The Morgan fingerprint density at radius 3 is 1.67 bits per heavy atom. The lowest BCUT2D eigenvalue weighted by atomic mass is 10.1. The molecule has 61 heavy (non-hydrogen) atoms. The predicted octanol–water partition coefficient (Wildman–Crippen LogP) is 11.0. The predicted molar refractivity (Wildman–Crippen MR) is 244 cm³/mol. The van der Waals surface area contributed by atoms with Gasteiger partial charge in [-0.2, -0.15) is 0 Å². The Hall–Kier alpha value is -3.64. The molecule has 0 aromatic rings. The zero-order valence-electron chi connectivity index (χ0n) is 36.9. The summed E-state index contributed by atoms with van der Waals surface area (Å²) in [5, 5.41) is 8.89. The summed E-state index contributed by atoms with van der Waals surface area (Å²) in [6.45, 7) is 2.53. The fourth-order valence-corrected chi connectivity index (χ4v) is 6.40. The molecule has 0 aromatic carbocycles. The first-order chi connectivity index (χ1) is 29.6.